The van der Waals surface area contributed by atoms with Crippen LogP contribution < -0.4 is 15.6 Å². The number of nitrogens with zero attached hydrogens (tertiary/aromatic N) is 7. The Balaban J connectivity index is 1.59. The van der Waals surface area contributed by atoms with E-state index >= 15 is 0 Å². The summed E-state index contributed by atoms with van der Waals surface area (Å²) in [5.41, 5.74) is 2.90. The van der Waals surface area contributed by atoms with Crippen molar-refractivity contribution in [3.8, 4) is 5.75 Å². The molecule has 36 heavy (non-hydrogen) atoms. The Bertz CT molecular complexity index is 1280. The minimum Gasteiger partial charge on any atom is -0.502 e. The van der Waals surface area contributed by atoms with E-state index in [-0.39, 0.29) is 23.1 Å². The van der Waals surface area contributed by atoms with Gasteiger partial charge in [0.1, 0.15) is 0 Å². The highest BCUT2D eigenvalue weighted by Crippen LogP contribution is 2.28. The summed E-state index contributed by atoms with van der Waals surface area (Å²) in [5, 5.41) is 39.1. The maximum atomic E-state index is 11.0. The first-order valence-electron chi connectivity index (χ1n) is 11.2. The van der Waals surface area contributed by atoms with Gasteiger partial charge in [0.15, 0.2) is 0 Å². The molecule has 186 valence electrons. The summed E-state index contributed by atoms with van der Waals surface area (Å²) in [6, 6.07) is 9.93. The Morgan fingerprint density at radius 2 is 1.61 bits per heavy atom. The summed E-state index contributed by atoms with van der Waals surface area (Å²) >= 11 is 0. The third-order valence-corrected chi connectivity index (χ3v) is 5.46. The fourth-order valence-electron chi connectivity index (χ4n) is 3.64. The maximum absolute atomic E-state index is 11.0. The van der Waals surface area contributed by atoms with Crippen LogP contribution in [0.2, 0.25) is 0 Å². The van der Waals surface area contributed by atoms with Crippen LogP contribution in [0.15, 0.2) is 47.6 Å². The fraction of sp³-hybridized carbons (Fsp3) is 0.273. The molecule has 1 aromatic heterocycles. The van der Waals surface area contributed by atoms with E-state index in [0.29, 0.717) is 11.6 Å². The Hall–Kier alpha value is -4.88. The summed E-state index contributed by atoms with van der Waals surface area (Å²) < 4.78 is 0. The molecule has 0 amide bonds. The molecule has 14 heteroatoms. The van der Waals surface area contributed by atoms with E-state index in [9.17, 15) is 25.3 Å². The largest absolute Gasteiger partial charge is 0.502 e. The second-order valence-corrected chi connectivity index (χ2v) is 7.95. The summed E-state index contributed by atoms with van der Waals surface area (Å²) in [7, 11) is 0. The van der Waals surface area contributed by atoms with Gasteiger partial charge in [-0.15, -0.1) is 0 Å². The number of para-hydroxylation sites is 1. The highest BCUT2D eigenvalue weighted by atomic mass is 16.6. The highest BCUT2D eigenvalue weighted by Gasteiger charge is 2.17. The number of hydrazone groups is 1. The van der Waals surface area contributed by atoms with Crippen LogP contribution in [0.5, 0.6) is 5.75 Å². The summed E-state index contributed by atoms with van der Waals surface area (Å²) in [6.07, 6.45) is 5.48. The lowest BCUT2D eigenvalue weighted by molar-refractivity contribution is -0.385. The number of non-ortho nitro benzene ring substituents is 1. The number of benzene rings is 2. The molecule has 1 aliphatic heterocycles. The average molecular weight is 493 g/mol. The molecule has 0 radical (unpaired) electrons. The Labute approximate surface area is 205 Å². The van der Waals surface area contributed by atoms with Crippen molar-refractivity contribution in [2.45, 2.75) is 25.7 Å². The van der Waals surface area contributed by atoms with Crippen molar-refractivity contribution in [3.05, 3.63) is 68.3 Å². The number of nitrogens with one attached hydrogen (secondary N) is 2. The summed E-state index contributed by atoms with van der Waals surface area (Å²) in [5.74, 6) is 0.241. The number of hydrogen-bond donors (Lipinski definition) is 3. The fourth-order valence-corrected chi connectivity index (χ4v) is 3.64. The third kappa shape index (κ3) is 5.97. The number of anilines is 4. The highest BCUT2D eigenvalue weighted by molar-refractivity contribution is 5.85. The zero-order chi connectivity index (χ0) is 25.5. The maximum Gasteiger partial charge on any atom is 0.311 e. The van der Waals surface area contributed by atoms with E-state index < -0.39 is 21.3 Å². The number of aromatic nitrogens is 3. The average Bonchev–Trinajstić information content (AvgIpc) is 3.15. The monoisotopic (exact) mass is 493 g/mol. The van der Waals surface area contributed by atoms with Gasteiger partial charge in [-0.25, -0.2) is 5.43 Å². The van der Waals surface area contributed by atoms with Gasteiger partial charge in [0.25, 0.3) is 5.69 Å². The molecule has 0 spiro atoms. The summed E-state index contributed by atoms with van der Waals surface area (Å²) in [4.78, 5) is 36.1. The lowest BCUT2D eigenvalue weighted by atomic mass is 10.2. The normalized spacial score (nSPS) is 13.8. The smallest absolute Gasteiger partial charge is 0.311 e. The number of rotatable bonds is 8. The molecule has 0 saturated carbocycles. The predicted octanol–water partition coefficient (Wildman–Crippen LogP) is 3.96. The molecule has 0 aliphatic carbocycles. The molecule has 2 heterocycles. The number of phenolic OH excluding ortho intramolecular Hbond substituents is 1. The van der Waals surface area contributed by atoms with E-state index in [4.69, 9.17) is 0 Å². The molecule has 4 rings (SSSR count). The van der Waals surface area contributed by atoms with E-state index in [0.717, 1.165) is 38.8 Å². The molecule has 3 aromatic rings. The summed E-state index contributed by atoms with van der Waals surface area (Å²) in [6.45, 7) is 1.57. The quantitative estimate of drug-likeness (QED) is 0.234. The van der Waals surface area contributed by atoms with Gasteiger partial charge in [-0.3, -0.25) is 20.2 Å². The molecule has 2 aromatic carbocycles. The second-order valence-electron chi connectivity index (χ2n) is 7.95. The van der Waals surface area contributed by atoms with E-state index in [1.165, 1.54) is 36.5 Å². The number of phenols is 1. The number of nitro benzene ring substituents is 2. The number of nitro groups is 2. The minimum absolute atomic E-state index is 0.0393. The van der Waals surface area contributed by atoms with Gasteiger partial charge in [0.2, 0.25) is 23.6 Å². The van der Waals surface area contributed by atoms with Crippen LogP contribution in [0.3, 0.4) is 0 Å². The van der Waals surface area contributed by atoms with Crippen molar-refractivity contribution in [2.75, 3.05) is 28.7 Å². The van der Waals surface area contributed by atoms with Gasteiger partial charge in [-0.2, -0.15) is 20.1 Å². The van der Waals surface area contributed by atoms with Gasteiger partial charge in [0.05, 0.1) is 16.1 Å². The standard InChI is InChI=1S/C22H23N9O5/c32-19-15(6-5-7-18(19)31(35)36)14-23-28-21-25-20(24-16-8-10-17(11-9-16)30(33)34)26-22(27-21)29-12-3-1-2-4-13-29/h5-11,14,32H,1-4,12-13H2,(H2,24,25,26,27,28). The second kappa shape index (κ2) is 11.0. The van der Waals surface area contributed by atoms with Gasteiger partial charge >= 0.3 is 5.69 Å². The zero-order valence-corrected chi connectivity index (χ0v) is 19.1. The van der Waals surface area contributed by atoms with Crippen molar-refractivity contribution in [1.82, 2.24) is 15.0 Å². The van der Waals surface area contributed by atoms with Crippen LogP contribution >= 0.6 is 0 Å². The van der Waals surface area contributed by atoms with Crippen LogP contribution in [-0.4, -0.2) is 49.2 Å². The molecule has 14 nitrogen and oxygen atoms in total. The molecule has 0 bridgehead atoms. The van der Waals surface area contributed by atoms with Crippen LogP contribution in [-0.2, 0) is 0 Å². The Morgan fingerprint density at radius 1 is 0.917 bits per heavy atom. The van der Waals surface area contributed by atoms with Gasteiger partial charge < -0.3 is 15.3 Å². The SMILES string of the molecule is O=[N+]([O-])c1ccc(Nc2nc(NN=Cc3cccc([N+](=O)[O-])c3O)nc(N3CCCCCC3)n2)cc1. The molecule has 1 saturated heterocycles. The lowest BCUT2D eigenvalue weighted by Crippen LogP contribution is -2.26. The molecular weight excluding hydrogens is 470 g/mol. The third-order valence-electron chi connectivity index (χ3n) is 5.46. The lowest BCUT2D eigenvalue weighted by Gasteiger charge is -2.21. The van der Waals surface area contributed by atoms with Crippen molar-refractivity contribution in [3.63, 3.8) is 0 Å². The van der Waals surface area contributed by atoms with Crippen LogP contribution in [0.1, 0.15) is 31.2 Å². The first-order chi connectivity index (χ1) is 17.4. The van der Waals surface area contributed by atoms with Gasteiger partial charge in [-0.05, 0) is 31.0 Å². The van der Waals surface area contributed by atoms with E-state index in [1.807, 2.05) is 0 Å². The van der Waals surface area contributed by atoms with Crippen molar-refractivity contribution in [1.29, 1.82) is 0 Å². The van der Waals surface area contributed by atoms with Crippen LogP contribution in [0.25, 0.3) is 0 Å². The molecule has 1 fully saturated rings. The Kier molecular flexibility index (Phi) is 7.43. The van der Waals surface area contributed by atoms with Crippen molar-refractivity contribution in [2.24, 2.45) is 5.10 Å². The zero-order valence-electron chi connectivity index (χ0n) is 19.1. The van der Waals surface area contributed by atoms with E-state index in [1.54, 1.807) is 12.1 Å². The first-order valence-corrected chi connectivity index (χ1v) is 11.2. The number of hydrogen-bond acceptors (Lipinski definition) is 12. The first kappa shape index (κ1) is 24.3. The molecule has 0 atom stereocenters. The van der Waals surface area contributed by atoms with E-state index in [2.05, 4.69) is 35.7 Å². The molecule has 3 N–H and O–H groups in total. The molecular formula is C22H23N9O5. The Morgan fingerprint density at radius 3 is 2.28 bits per heavy atom. The molecule has 0 unspecified atom stereocenters. The minimum atomic E-state index is -0.685. The van der Waals surface area contributed by atoms with Crippen molar-refractivity contribution < 1.29 is 15.0 Å². The predicted molar refractivity (Wildman–Crippen MR) is 133 cm³/mol. The van der Waals surface area contributed by atoms with Crippen molar-refractivity contribution >= 4 is 41.1 Å². The number of aromatic hydroxyl groups is 1. The van der Waals surface area contributed by atoms with Gasteiger partial charge in [0, 0.05) is 42.5 Å². The van der Waals surface area contributed by atoms with Crippen LogP contribution in [0, 0.1) is 20.2 Å². The topological polar surface area (TPSA) is 185 Å². The molecule has 1 aliphatic rings. The van der Waals surface area contributed by atoms with Crippen LogP contribution in [0.4, 0.5) is 34.9 Å². The van der Waals surface area contributed by atoms with Gasteiger partial charge in [-0.1, -0.05) is 18.9 Å².